The Morgan fingerprint density at radius 2 is 1.69 bits per heavy atom. The van der Waals surface area contributed by atoms with Gasteiger partial charge in [-0.3, -0.25) is 28.9 Å². The van der Waals surface area contributed by atoms with E-state index in [1.54, 1.807) is 53.3 Å². The third-order valence-electron chi connectivity index (χ3n) is 10.7. The number of hydrogen-bond acceptors (Lipinski definition) is 12. The molecule has 2 fully saturated rings. The summed E-state index contributed by atoms with van der Waals surface area (Å²) >= 11 is 0. The standard InChI is InChI=1S/C41H46N10O6S/c1-58(55,56)47-29-10-6-9-28(25-29)33-16-15-31-27-44-41(46-51(31)33)45-30-14-17-36(43-26-30)49-22-20-48(21-23-49)19-4-2-3-5-24-57-35-13-7-11-32-37(35)40(54)50(39(32)53)34-12-8-18-42-38(34)52/h6-7,9-11,13-17,25-27,34,47H,2-5,8,12,18-24H2,1H3,(H,42,52)(H,45,46). The predicted molar refractivity (Wildman–Crippen MR) is 220 cm³/mol. The molecule has 0 saturated carbocycles. The molecule has 6 heterocycles. The van der Waals surface area contributed by atoms with Crippen molar-refractivity contribution in [2.45, 2.75) is 44.6 Å². The lowest BCUT2D eigenvalue weighted by Gasteiger charge is -2.35. The Morgan fingerprint density at radius 3 is 2.48 bits per heavy atom. The Morgan fingerprint density at radius 1 is 0.862 bits per heavy atom. The first-order valence-electron chi connectivity index (χ1n) is 19.7. The number of unbranched alkanes of at least 4 members (excludes halogenated alkanes) is 3. The summed E-state index contributed by atoms with van der Waals surface area (Å²) in [4.78, 5) is 53.8. The zero-order chi connectivity index (χ0) is 40.2. The second kappa shape index (κ2) is 16.8. The van der Waals surface area contributed by atoms with E-state index < -0.39 is 27.9 Å². The Kier molecular flexibility index (Phi) is 11.2. The molecule has 0 radical (unpaired) electrons. The molecule has 1 unspecified atom stereocenters. The minimum absolute atomic E-state index is 0.260. The van der Waals surface area contributed by atoms with E-state index in [2.05, 4.69) is 30.1 Å². The maximum absolute atomic E-state index is 13.3. The number of pyridine rings is 1. The van der Waals surface area contributed by atoms with E-state index in [-0.39, 0.29) is 11.5 Å². The summed E-state index contributed by atoms with van der Waals surface area (Å²) in [6.07, 6.45) is 9.79. The monoisotopic (exact) mass is 806 g/mol. The average Bonchev–Trinajstić information content (AvgIpc) is 3.75. The normalized spacial score (nSPS) is 17.4. The van der Waals surface area contributed by atoms with Crippen molar-refractivity contribution >= 4 is 56.4 Å². The first-order valence-corrected chi connectivity index (χ1v) is 21.6. The smallest absolute Gasteiger partial charge is 0.266 e. The molecule has 2 aromatic carbocycles. The highest BCUT2D eigenvalue weighted by molar-refractivity contribution is 7.92. The fourth-order valence-electron chi connectivity index (χ4n) is 7.76. The van der Waals surface area contributed by atoms with Crippen molar-refractivity contribution in [2.24, 2.45) is 0 Å². The van der Waals surface area contributed by atoms with Crippen LogP contribution in [0.2, 0.25) is 0 Å². The van der Waals surface area contributed by atoms with Gasteiger partial charge in [0.1, 0.15) is 17.6 Å². The fourth-order valence-corrected chi connectivity index (χ4v) is 8.32. The van der Waals surface area contributed by atoms with E-state index in [0.717, 1.165) is 104 Å². The second-order valence-electron chi connectivity index (χ2n) is 14.8. The van der Waals surface area contributed by atoms with Crippen LogP contribution >= 0.6 is 0 Å². The first kappa shape index (κ1) is 38.8. The van der Waals surface area contributed by atoms with E-state index in [9.17, 15) is 22.8 Å². The number of hydrogen-bond donors (Lipinski definition) is 3. The third-order valence-corrected chi connectivity index (χ3v) is 11.3. The van der Waals surface area contributed by atoms with E-state index >= 15 is 0 Å². The predicted octanol–water partition coefficient (Wildman–Crippen LogP) is 4.54. The van der Waals surface area contributed by atoms with Gasteiger partial charge in [-0.25, -0.2) is 22.9 Å². The summed E-state index contributed by atoms with van der Waals surface area (Å²) in [6.45, 7) is 5.71. The van der Waals surface area contributed by atoms with Crippen molar-refractivity contribution in [3.63, 3.8) is 0 Å². The molecule has 5 aromatic rings. The summed E-state index contributed by atoms with van der Waals surface area (Å²) in [5.74, 6) is 0.546. The minimum atomic E-state index is -3.41. The molecule has 3 aliphatic heterocycles. The molecule has 2 saturated heterocycles. The van der Waals surface area contributed by atoms with Gasteiger partial charge in [-0.15, -0.1) is 5.10 Å². The number of fused-ring (bicyclic) bond motifs is 2. The maximum Gasteiger partial charge on any atom is 0.266 e. The van der Waals surface area contributed by atoms with Crippen LogP contribution in [0.25, 0.3) is 16.8 Å². The van der Waals surface area contributed by atoms with Gasteiger partial charge in [-0.05, 0) is 80.8 Å². The minimum Gasteiger partial charge on any atom is -0.493 e. The van der Waals surface area contributed by atoms with E-state index in [0.29, 0.717) is 42.5 Å². The highest BCUT2D eigenvalue weighted by atomic mass is 32.2. The number of amides is 3. The van der Waals surface area contributed by atoms with Crippen LogP contribution in [0.4, 0.5) is 23.1 Å². The molecule has 8 rings (SSSR count). The van der Waals surface area contributed by atoms with Gasteiger partial charge in [-0.2, -0.15) is 0 Å². The number of nitrogens with one attached hydrogen (secondary N) is 3. The molecule has 0 aliphatic carbocycles. The molecule has 0 bridgehead atoms. The number of nitrogens with zero attached hydrogens (tertiary/aromatic N) is 7. The van der Waals surface area contributed by atoms with Gasteiger partial charge in [0, 0.05) is 44.0 Å². The van der Waals surface area contributed by atoms with Crippen LogP contribution < -0.4 is 25.0 Å². The van der Waals surface area contributed by atoms with Crippen molar-refractivity contribution in [1.29, 1.82) is 0 Å². The molecular weight excluding hydrogens is 761 g/mol. The number of carbonyl (C=O) groups is 3. The maximum atomic E-state index is 13.3. The lowest BCUT2D eigenvalue weighted by atomic mass is 10.1. The number of piperazine rings is 1. The van der Waals surface area contributed by atoms with Gasteiger partial charge in [-0.1, -0.05) is 31.0 Å². The van der Waals surface area contributed by atoms with Crippen molar-refractivity contribution < 1.29 is 27.5 Å². The summed E-state index contributed by atoms with van der Waals surface area (Å²) in [6, 6.07) is 19.3. The Bertz CT molecular complexity index is 2430. The molecule has 58 heavy (non-hydrogen) atoms. The van der Waals surface area contributed by atoms with Crippen LogP contribution in [-0.2, 0) is 14.8 Å². The summed E-state index contributed by atoms with van der Waals surface area (Å²) in [5.41, 5.74) is 4.19. The van der Waals surface area contributed by atoms with Gasteiger partial charge in [0.25, 0.3) is 11.8 Å². The van der Waals surface area contributed by atoms with Gasteiger partial charge in [0.2, 0.25) is 21.9 Å². The number of anilines is 4. The Labute approximate surface area is 336 Å². The first-order chi connectivity index (χ1) is 28.1. The van der Waals surface area contributed by atoms with Crippen molar-refractivity contribution in [1.82, 2.24) is 34.7 Å². The number of piperidine rings is 1. The summed E-state index contributed by atoms with van der Waals surface area (Å²) in [5, 5.41) is 10.7. The molecular formula is C41H46N10O6S. The van der Waals surface area contributed by atoms with Crippen molar-refractivity contribution in [2.75, 3.05) is 67.1 Å². The van der Waals surface area contributed by atoms with E-state index in [1.165, 1.54) is 0 Å². The molecule has 302 valence electrons. The van der Waals surface area contributed by atoms with Gasteiger partial charge in [0.05, 0.1) is 53.3 Å². The van der Waals surface area contributed by atoms with E-state index in [1.807, 2.05) is 30.3 Å². The lowest BCUT2D eigenvalue weighted by Crippen LogP contribution is -2.52. The second-order valence-corrected chi connectivity index (χ2v) is 16.6. The number of benzene rings is 2. The zero-order valence-corrected chi connectivity index (χ0v) is 33.1. The van der Waals surface area contributed by atoms with Crippen LogP contribution in [0.5, 0.6) is 5.75 Å². The van der Waals surface area contributed by atoms with Crippen LogP contribution in [0.3, 0.4) is 0 Å². The number of imide groups is 1. The topological polar surface area (TPSA) is 183 Å². The van der Waals surface area contributed by atoms with Gasteiger partial charge in [0.15, 0.2) is 0 Å². The number of carbonyl (C=O) groups excluding carboxylic acids is 3. The van der Waals surface area contributed by atoms with Crippen LogP contribution in [0.15, 0.2) is 79.1 Å². The number of sulfonamides is 1. The third kappa shape index (κ3) is 8.60. The van der Waals surface area contributed by atoms with Crippen LogP contribution in [-0.4, -0.2) is 114 Å². The van der Waals surface area contributed by atoms with Crippen molar-refractivity contribution in [3.05, 3.63) is 90.3 Å². The van der Waals surface area contributed by atoms with Crippen LogP contribution in [0.1, 0.15) is 59.2 Å². The largest absolute Gasteiger partial charge is 0.493 e. The quantitative estimate of drug-likeness (QED) is 0.0994. The summed E-state index contributed by atoms with van der Waals surface area (Å²) in [7, 11) is -3.41. The molecule has 3 amide bonds. The Balaban J connectivity index is 0.758. The molecule has 16 nitrogen and oxygen atoms in total. The highest BCUT2D eigenvalue weighted by Gasteiger charge is 2.45. The van der Waals surface area contributed by atoms with Crippen molar-refractivity contribution in [3.8, 4) is 17.0 Å². The number of aromatic nitrogens is 4. The SMILES string of the molecule is CS(=O)(=O)Nc1cccc(-c2ccc3cnc(Nc4ccc(N5CCN(CCCCCCOc6cccc7c6C(=O)N(C6CCCNC6=O)C7=O)CC5)nc4)nn23)c1. The van der Waals surface area contributed by atoms with Gasteiger partial charge < -0.3 is 20.3 Å². The number of ether oxygens (including phenoxy) is 1. The summed E-state index contributed by atoms with van der Waals surface area (Å²) < 4.78 is 33.8. The zero-order valence-electron chi connectivity index (χ0n) is 32.3. The highest BCUT2D eigenvalue weighted by Crippen LogP contribution is 2.34. The molecule has 1 atom stereocenters. The van der Waals surface area contributed by atoms with Gasteiger partial charge >= 0.3 is 0 Å². The number of rotatable bonds is 15. The fraction of sp³-hybridized carbons (Fsp3) is 0.366. The molecule has 3 aliphatic rings. The molecule has 17 heteroatoms. The molecule has 3 N–H and O–H groups in total. The molecule has 3 aromatic heterocycles. The van der Waals surface area contributed by atoms with E-state index in [4.69, 9.17) is 14.8 Å². The lowest BCUT2D eigenvalue weighted by molar-refractivity contribution is -0.126. The average molecular weight is 807 g/mol. The van der Waals surface area contributed by atoms with Crippen LogP contribution in [0, 0.1) is 0 Å². The Hall–Kier alpha value is -6.07. The molecule has 0 spiro atoms.